The van der Waals surface area contributed by atoms with Crippen molar-refractivity contribution in [2.75, 3.05) is 32.1 Å². The molecule has 118 valence electrons. The summed E-state index contributed by atoms with van der Waals surface area (Å²) in [6.07, 6.45) is 6.32. The Morgan fingerprint density at radius 2 is 1.73 bits per heavy atom. The molecule has 2 aromatic heterocycles. The molecule has 0 aromatic carbocycles. The van der Waals surface area contributed by atoms with Gasteiger partial charge < -0.3 is 10.0 Å². The molecule has 0 aliphatic rings. The highest BCUT2D eigenvalue weighted by atomic mass is 16.3. The number of aliphatic hydroxyl groups excluding tert-OH is 1. The Morgan fingerprint density at radius 3 is 2.32 bits per heavy atom. The van der Waals surface area contributed by atoms with E-state index in [0.717, 1.165) is 31.9 Å². The van der Waals surface area contributed by atoms with Crippen LogP contribution in [-0.2, 0) is 13.1 Å². The second kappa shape index (κ2) is 8.46. The number of pyridine rings is 2. The highest BCUT2D eigenvalue weighted by Gasteiger charge is 2.08. The summed E-state index contributed by atoms with van der Waals surface area (Å²) in [7, 11) is 3.97. The largest absolute Gasteiger partial charge is 0.396 e. The summed E-state index contributed by atoms with van der Waals surface area (Å²) in [5, 5.41) is 9.09. The highest BCUT2D eigenvalue weighted by molar-refractivity contribution is 5.37. The van der Waals surface area contributed by atoms with Gasteiger partial charge in [-0.25, -0.2) is 4.98 Å². The third-order valence-corrected chi connectivity index (χ3v) is 3.46. The van der Waals surface area contributed by atoms with Crippen LogP contribution in [0.25, 0.3) is 0 Å². The summed E-state index contributed by atoms with van der Waals surface area (Å²) >= 11 is 0. The van der Waals surface area contributed by atoms with Gasteiger partial charge in [0.15, 0.2) is 0 Å². The molecule has 0 fully saturated rings. The van der Waals surface area contributed by atoms with E-state index in [1.54, 1.807) is 0 Å². The molecule has 0 unspecified atom stereocenters. The summed E-state index contributed by atoms with van der Waals surface area (Å²) in [5.41, 5.74) is 2.41. The first-order valence-electron chi connectivity index (χ1n) is 7.53. The van der Waals surface area contributed by atoms with Gasteiger partial charge in [-0.15, -0.1) is 0 Å². The van der Waals surface area contributed by atoms with Crippen LogP contribution in [0.1, 0.15) is 17.5 Å². The Morgan fingerprint density at radius 1 is 1.00 bits per heavy atom. The van der Waals surface area contributed by atoms with Crippen LogP contribution >= 0.6 is 0 Å². The van der Waals surface area contributed by atoms with Crippen molar-refractivity contribution in [1.29, 1.82) is 0 Å². The van der Waals surface area contributed by atoms with Gasteiger partial charge in [0.1, 0.15) is 5.82 Å². The molecule has 5 heteroatoms. The molecule has 0 atom stereocenters. The molecule has 0 saturated carbocycles. The van der Waals surface area contributed by atoms with Crippen molar-refractivity contribution in [3.05, 3.63) is 54.0 Å². The zero-order valence-corrected chi connectivity index (χ0v) is 13.3. The van der Waals surface area contributed by atoms with E-state index in [4.69, 9.17) is 5.11 Å². The van der Waals surface area contributed by atoms with Gasteiger partial charge in [-0.05, 0) is 35.7 Å². The maximum absolute atomic E-state index is 9.09. The summed E-state index contributed by atoms with van der Waals surface area (Å²) in [5.74, 6) is 0.958. The van der Waals surface area contributed by atoms with Crippen LogP contribution in [0, 0.1) is 0 Å². The van der Waals surface area contributed by atoms with E-state index in [-0.39, 0.29) is 6.61 Å². The molecule has 2 heterocycles. The number of nitrogens with zero attached hydrogens (tertiary/aromatic N) is 4. The van der Waals surface area contributed by atoms with E-state index in [1.165, 1.54) is 11.1 Å². The fourth-order valence-corrected chi connectivity index (χ4v) is 2.29. The quantitative estimate of drug-likeness (QED) is 0.807. The van der Waals surface area contributed by atoms with E-state index in [1.807, 2.05) is 55.8 Å². The number of aromatic nitrogens is 2. The molecular weight excluding hydrogens is 276 g/mol. The van der Waals surface area contributed by atoms with Crippen LogP contribution in [0.4, 0.5) is 5.82 Å². The molecular formula is C17H24N4O. The van der Waals surface area contributed by atoms with E-state index in [0.29, 0.717) is 0 Å². The lowest BCUT2D eigenvalue weighted by Crippen LogP contribution is -2.25. The predicted octanol–water partition coefficient (Wildman–Crippen LogP) is 1.93. The lowest BCUT2D eigenvalue weighted by Gasteiger charge is -2.22. The first-order valence-corrected chi connectivity index (χ1v) is 7.53. The normalized spacial score (nSPS) is 10.9. The molecule has 2 rings (SSSR count). The van der Waals surface area contributed by atoms with E-state index in [9.17, 15) is 0 Å². The van der Waals surface area contributed by atoms with E-state index in [2.05, 4.69) is 20.9 Å². The van der Waals surface area contributed by atoms with Crippen molar-refractivity contribution < 1.29 is 5.11 Å². The average molecular weight is 300 g/mol. The van der Waals surface area contributed by atoms with E-state index < -0.39 is 0 Å². The van der Waals surface area contributed by atoms with Crippen LogP contribution < -0.4 is 4.90 Å². The van der Waals surface area contributed by atoms with Gasteiger partial charge >= 0.3 is 0 Å². The molecule has 1 N–H and O–H groups in total. The zero-order valence-electron chi connectivity index (χ0n) is 13.3. The number of rotatable bonds is 8. The van der Waals surface area contributed by atoms with Gasteiger partial charge in [-0.3, -0.25) is 9.88 Å². The topological polar surface area (TPSA) is 52.5 Å². The molecule has 0 aliphatic carbocycles. The third kappa shape index (κ3) is 5.09. The molecule has 0 radical (unpaired) electrons. The number of anilines is 1. The molecule has 0 saturated heterocycles. The fraction of sp³-hybridized carbons (Fsp3) is 0.412. The monoisotopic (exact) mass is 300 g/mol. The number of hydrogen-bond acceptors (Lipinski definition) is 5. The molecule has 5 nitrogen and oxygen atoms in total. The first-order chi connectivity index (χ1) is 10.7. The molecule has 0 amide bonds. The SMILES string of the molecule is CN(C)c1ccc(CN(CCCO)Cc2ccncc2)cn1. The van der Waals surface area contributed by atoms with Crippen molar-refractivity contribution in [1.82, 2.24) is 14.9 Å². The maximum Gasteiger partial charge on any atom is 0.127 e. The van der Waals surface area contributed by atoms with Crippen molar-refractivity contribution in [3.63, 3.8) is 0 Å². The molecule has 2 aromatic rings. The minimum atomic E-state index is 0.213. The molecule has 0 aliphatic heterocycles. The smallest absolute Gasteiger partial charge is 0.127 e. The van der Waals surface area contributed by atoms with Crippen LogP contribution in [0.3, 0.4) is 0 Å². The van der Waals surface area contributed by atoms with Gasteiger partial charge in [0.25, 0.3) is 0 Å². The van der Waals surface area contributed by atoms with Crippen LogP contribution in [0.5, 0.6) is 0 Å². The summed E-state index contributed by atoms with van der Waals surface area (Å²) in [4.78, 5) is 12.8. The fourth-order valence-electron chi connectivity index (χ4n) is 2.29. The van der Waals surface area contributed by atoms with Gasteiger partial charge in [0, 0.05) is 58.9 Å². The minimum Gasteiger partial charge on any atom is -0.396 e. The molecule has 22 heavy (non-hydrogen) atoms. The maximum atomic E-state index is 9.09. The minimum absolute atomic E-state index is 0.213. The van der Waals surface area contributed by atoms with Crippen molar-refractivity contribution in [2.45, 2.75) is 19.5 Å². The summed E-state index contributed by atoms with van der Waals surface area (Å²) in [6, 6.07) is 8.20. The first kappa shape index (κ1) is 16.4. The average Bonchev–Trinajstić information content (AvgIpc) is 2.54. The Bertz CT molecular complexity index is 542. The lowest BCUT2D eigenvalue weighted by atomic mass is 10.2. The Labute approximate surface area is 132 Å². The van der Waals surface area contributed by atoms with Gasteiger partial charge in [-0.1, -0.05) is 6.07 Å². The Hall–Kier alpha value is -1.98. The van der Waals surface area contributed by atoms with Crippen LogP contribution in [0.2, 0.25) is 0 Å². The van der Waals surface area contributed by atoms with Gasteiger partial charge in [-0.2, -0.15) is 0 Å². The van der Waals surface area contributed by atoms with Crippen molar-refractivity contribution >= 4 is 5.82 Å². The van der Waals surface area contributed by atoms with Gasteiger partial charge in [0.05, 0.1) is 0 Å². The third-order valence-electron chi connectivity index (χ3n) is 3.46. The molecule has 0 bridgehead atoms. The van der Waals surface area contributed by atoms with Crippen LogP contribution in [-0.4, -0.2) is 47.2 Å². The zero-order chi connectivity index (χ0) is 15.8. The van der Waals surface area contributed by atoms with E-state index >= 15 is 0 Å². The number of hydrogen-bond donors (Lipinski definition) is 1. The second-order valence-electron chi connectivity index (χ2n) is 5.56. The summed E-state index contributed by atoms with van der Waals surface area (Å²) in [6.45, 7) is 2.74. The predicted molar refractivity (Wildman–Crippen MR) is 88.6 cm³/mol. The van der Waals surface area contributed by atoms with Crippen molar-refractivity contribution in [3.8, 4) is 0 Å². The summed E-state index contributed by atoms with van der Waals surface area (Å²) < 4.78 is 0. The highest BCUT2D eigenvalue weighted by Crippen LogP contribution is 2.12. The standard InChI is InChI=1S/C17H24N4O/c1-20(2)17-5-4-16(12-19-17)14-21(10-3-11-22)13-15-6-8-18-9-7-15/h4-9,12,22H,3,10-11,13-14H2,1-2H3. The van der Waals surface area contributed by atoms with Crippen LogP contribution in [0.15, 0.2) is 42.9 Å². The Kier molecular flexibility index (Phi) is 6.30. The lowest BCUT2D eigenvalue weighted by molar-refractivity contribution is 0.212. The van der Waals surface area contributed by atoms with Gasteiger partial charge in [0.2, 0.25) is 0 Å². The number of aliphatic hydroxyl groups is 1. The second-order valence-corrected chi connectivity index (χ2v) is 5.56. The molecule has 0 spiro atoms. The van der Waals surface area contributed by atoms with Crippen molar-refractivity contribution in [2.24, 2.45) is 0 Å². The Balaban J connectivity index is 2.02.